The number of hydrogen-bond donors (Lipinski definition) is 0. The number of fused-ring (bicyclic) bond motifs is 2. The van der Waals surface area contributed by atoms with Gasteiger partial charge in [-0.05, 0) is 36.8 Å². The molecule has 2 aromatic carbocycles. The van der Waals surface area contributed by atoms with Crippen molar-refractivity contribution in [3.8, 4) is 12.1 Å². The molecule has 35 heavy (non-hydrogen) atoms. The number of rotatable bonds is 3. The number of carbonyl (C=O) groups is 2. The molecule has 0 radical (unpaired) electrons. The first kappa shape index (κ1) is 22.1. The van der Waals surface area contributed by atoms with Gasteiger partial charge >= 0.3 is 0 Å². The van der Waals surface area contributed by atoms with Crippen molar-refractivity contribution < 1.29 is 18.0 Å². The topological polar surface area (TPSA) is 162 Å². The fourth-order valence-electron chi connectivity index (χ4n) is 4.27. The molecule has 2 atom stereocenters. The van der Waals surface area contributed by atoms with Crippen molar-refractivity contribution >= 4 is 39.3 Å². The smallest absolute Gasteiger partial charge is 0.268 e. The number of nitrogens with zero attached hydrogens (tertiary/aromatic N) is 7. The van der Waals surface area contributed by atoms with Gasteiger partial charge in [-0.3, -0.25) is 9.59 Å². The monoisotopic (exact) mass is 485 g/mol. The summed E-state index contributed by atoms with van der Waals surface area (Å²) in [6.45, 7) is 1.60. The highest BCUT2D eigenvalue weighted by molar-refractivity contribution is 7.90. The number of amides is 2. The van der Waals surface area contributed by atoms with Gasteiger partial charge in [0.05, 0.1) is 33.7 Å². The fraction of sp³-hybridized carbons (Fsp3) is 0.174. The predicted molar refractivity (Wildman–Crippen MR) is 122 cm³/mol. The molecule has 1 aromatic heterocycles. The number of nitriles is 2. The fourth-order valence-corrected chi connectivity index (χ4v) is 5.23. The Kier molecular flexibility index (Phi) is 4.86. The van der Waals surface area contributed by atoms with Crippen LogP contribution in [-0.2, 0) is 9.84 Å². The summed E-state index contributed by atoms with van der Waals surface area (Å²) in [4.78, 5) is 35.1. The second-order valence-electron chi connectivity index (χ2n) is 8.09. The summed E-state index contributed by atoms with van der Waals surface area (Å²) in [5.41, 5.74) is 1.13. The highest BCUT2D eigenvalue weighted by atomic mass is 32.2. The summed E-state index contributed by atoms with van der Waals surface area (Å²) in [7, 11) is -3.81. The van der Waals surface area contributed by atoms with E-state index in [1.165, 1.54) is 35.0 Å². The minimum Gasteiger partial charge on any atom is -0.268 e. The zero-order valence-corrected chi connectivity index (χ0v) is 19.2. The molecule has 0 saturated heterocycles. The maximum atomic E-state index is 12.9. The van der Waals surface area contributed by atoms with Crippen LogP contribution in [0.4, 0.5) is 11.9 Å². The van der Waals surface area contributed by atoms with Gasteiger partial charge in [0.15, 0.2) is 9.84 Å². The third kappa shape index (κ3) is 3.31. The second-order valence-corrected chi connectivity index (χ2v) is 10.1. The average Bonchev–Trinajstić information content (AvgIpc) is 3.35. The van der Waals surface area contributed by atoms with Crippen molar-refractivity contribution in [3.63, 3.8) is 0 Å². The summed E-state index contributed by atoms with van der Waals surface area (Å²) in [5, 5.41) is 23.5. The van der Waals surface area contributed by atoms with Gasteiger partial charge < -0.3 is 0 Å². The van der Waals surface area contributed by atoms with Gasteiger partial charge in [-0.2, -0.15) is 15.5 Å². The van der Waals surface area contributed by atoms with Gasteiger partial charge in [0, 0.05) is 12.0 Å². The van der Waals surface area contributed by atoms with Crippen LogP contribution in [0.2, 0.25) is 0 Å². The first-order valence-corrected chi connectivity index (χ1v) is 12.2. The van der Waals surface area contributed by atoms with Crippen molar-refractivity contribution in [1.82, 2.24) is 14.8 Å². The van der Waals surface area contributed by atoms with Crippen molar-refractivity contribution in [2.45, 2.75) is 17.9 Å². The lowest BCUT2D eigenvalue weighted by Crippen LogP contribution is -2.32. The third-order valence-corrected chi connectivity index (χ3v) is 7.05. The first-order chi connectivity index (χ1) is 16.7. The molecule has 0 aliphatic carbocycles. The molecule has 3 heterocycles. The van der Waals surface area contributed by atoms with E-state index in [4.69, 9.17) is 0 Å². The van der Waals surface area contributed by atoms with E-state index in [-0.39, 0.29) is 39.0 Å². The van der Waals surface area contributed by atoms with E-state index in [0.717, 1.165) is 11.2 Å². The predicted octanol–water partition coefficient (Wildman–Crippen LogP) is 2.19. The molecule has 2 unspecified atom stereocenters. The number of imide groups is 1. The Balaban J connectivity index is 1.70. The number of sulfone groups is 1. The van der Waals surface area contributed by atoms with E-state index in [2.05, 4.69) is 21.1 Å². The molecular weight excluding hydrogens is 470 g/mol. The van der Waals surface area contributed by atoms with Crippen LogP contribution in [0.15, 0.2) is 52.4 Å². The highest BCUT2D eigenvalue weighted by Gasteiger charge is 2.42. The molecule has 5 rings (SSSR count). The van der Waals surface area contributed by atoms with E-state index in [1.807, 2.05) is 6.07 Å². The number of benzene rings is 2. The minimum absolute atomic E-state index is 0.00867. The summed E-state index contributed by atoms with van der Waals surface area (Å²) in [5.74, 6) is -2.35. The maximum absolute atomic E-state index is 12.9. The largest absolute Gasteiger partial charge is 0.268 e. The Morgan fingerprint density at radius 2 is 1.69 bits per heavy atom. The standard InChI is InChI=1S/C23H15N7O4S/c1-12-17(11-25)19(16-8-7-13(10-24)9-18(16)35(2,33)34)30-22(26-12)27-23(28-30)29-20(31)14-5-3-4-6-15(14)21(29)32/h3-9,17,19H,1-2H3. The molecule has 0 spiro atoms. The SMILES string of the molecule is CC1=Nc2nc(N3C(=O)c4ccccc4C3=O)nn2C(c2ccc(C#N)cc2S(C)(=O)=O)C1C#N. The van der Waals surface area contributed by atoms with E-state index in [0.29, 0.717) is 5.71 Å². The maximum Gasteiger partial charge on any atom is 0.268 e. The normalized spacial score (nSPS) is 19.0. The Hall–Kier alpha value is -4.68. The Morgan fingerprint density at radius 3 is 2.26 bits per heavy atom. The molecule has 0 fully saturated rings. The Labute approximate surface area is 199 Å². The Morgan fingerprint density at radius 1 is 1.03 bits per heavy atom. The van der Waals surface area contributed by atoms with Crippen LogP contribution in [0, 0.1) is 28.6 Å². The van der Waals surface area contributed by atoms with Crippen molar-refractivity contribution in [2.24, 2.45) is 10.9 Å². The molecule has 3 aromatic rings. The van der Waals surface area contributed by atoms with Crippen LogP contribution in [-0.4, -0.2) is 47.0 Å². The lowest BCUT2D eigenvalue weighted by Gasteiger charge is -2.28. The summed E-state index contributed by atoms with van der Waals surface area (Å²) in [6, 6.07) is 13.5. The summed E-state index contributed by atoms with van der Waals surface area (Å²) in [6.07, 6.45) is 1.00. The van der Waals surface area contributed by atoms with Gasteiger partial charge in [-0.25, -0.2) is 23.0 Å². The molecule has 2 aliphatic rings. The molecule has 0 bridgehead atoms. The van der Waals surface area contributed by atoms with Crippen LogP contribution in [0.5, 0.6) is 0 Å². The van der Waals surface area contributed by atoms with Crippen LogP contribution >= 0.6 is 0 Å². The van der Waals surface area contributed by atoms with E-state index in [1.54, 1.807) is 19.1 Å². The number of hydrogen-bond acceptors (Lipinski definition) is 9. The van der Waals surface area contributed by atoms with Crippen LogP contribution in [0.3, 0.4) is 0 Å². The van der Waals surface area contributed by atoms with Gasteiger partial charge in [0.2, 0.25) is 5.95 Å². The van der Waals surface area contributed by atoms with Crippen LogP contribution in [0.25, 0.3) is 0 Å². The van der Waals surface area contributed by atoms with Gasteiger partial charge in [0.1, 0.15) is 12.0 Å². The number of aliphatic imine (C=N–C) groups is 1. The molecule has 0 saturated carbocycles. The average molecular weight is 485 g/mol. The lowest BCUT2D eigenvalue weighted by molar-refractivity contribution is 0.0923. The van der Waals surface area contributed by atoms with Crippen molar-refractivity contribution in [1.29, 1.82) is 10.5 Å². The molecule has 0 N–H and O–H groups in total. The highest BCUT2D eigenvalue weighted by Crippen LogP contribution is 2.39. The van der Waals surface area contributed by atoms with Crippen LogP contribution < -0.4 is 4.90 Å². The number of aromatic nitrogens is 3. The second kappa shape index (κ2) is 7.68. The molecular formula is C23H15N7O4S. The Bertz CT molecular complexity index is 1640. The van der Waals surface area contributed by atoms with E-state index >= 15 is 0 Å². The number of carbonyl (C=O) groups excluding carboxylic acids is 2. The summed E-state index contributed by atoms with van der Waals surface area (Å²) < 4.78 is 26.5. The molecule has 2 aliphatic heterocycles. The number of anilines is 1. The lowest BCUT2D eigenvalue weighted by atomic mass is 9.89. The first-order valence-electron chi connectivity index (χ1n) is 10.3. The van der Waals surface area contributed by atoms with E-state index < -0.39 is 33.6 Å². The molecule has 11 nitrogen and oxygen atoms in total. The van der Waals surface area contributed by atoms with Gasteiger partial charge in [-0.1, -0.05) is 18.2 Å². The third-order valence-electron chi connectivity index (χ3n) is 5.90. The molecule has 2 amide bonds. The van der Waals surface area contributed by atoms with Gasteiger partial charge in [-0.15, -0.1) is 5.10 Å². The minimum atomic E-state index is -3.81. The zero-order chi connectivity index (χ0) is 25.1. The zero-order valence-electron chi connectivity index (χ0n) is 18.4. The van der Waals surface area contributed by atoms with E-state index in [9.17, 15) is 28.5 Å². The molecule has 12 heteroatoms. The van der Waals surface area contributed by atoms with Gasteiger partial charge in [0.25, 0.3) is 17.8 Å². The van der Waals surface area contributed by atoms with Crippen molar-refractivity contribution in [3.05, 3.63) is 64.7 Å². The van der Waals surface area contributed by atoms with Crippen molar-refractivity contribution in [2.75, 3.05) is 11.2 Å². The van der Waals surface area contributed by atoms with Crippen LogP contribution in [0.1, 0.15) is 44.8 Å². The summed E-state index contributed by atoms with van der Waals surface area (Å²) >= 11 is 0. The quantitative estimate of drug-likeness (QED) is 0.510. The molecule has 172 valence electrons.